The molecule has 0 aliphatic carbocycles. The molecule has 0 aromatic carbocycles. The number of hydrogen-bond acceptors (Lipinski definition) is 4. The maximum Gasteiger partial charge on any atom is 0.316 e. The first-order chi connectivity index (χ1) is 5.70. The van der Waals surface area contributed by atoms with Crippen LogP contribution in [-0.2, 0) is 4.79 Å². The lowest BCUT2D eigenvalue weighted by atomic mass is 10.5. The minimum absolute atomic E-state index is 0.493. The van der Waals surface area contributed by atoms with Crippen LogP contribution in [0.15, 0.2) is 23.6 Å². The highest BCUT2D eigenvalue weighted by Crippen LogP contribution is 2.17. The zero-order chi connectivity index (χ0) is 8.97. The van der Waals surface area contributed by atoms with Gasteiger partial charge in [-0.2, -0.15) is 0 Å². The van der Waals surface area contributed by atoms with Crippen molar-refractivity contribution in [2.75, 3.05) is 0 Å². The SMILES string of the molecule is C[C@@H](Sc1ncccn1)C(=O)O. The average Bonchev–Trinajstić information content (AvgIpc) is 2.06. The van der Waals surface area contributed by atoms with E-state index in [9.17, 15) is 4.79 Å². The van der Waals surface area contributed by atoms with Crippen molar-refractivity contribution < 1.29 is 9.90 Å². The highest BCUT2D eigenvalue weighted by Gasteiger charge is 2.13. The maximum absolute atomic E-state index is 10.4. The highest BCUT2D eigenvalue weighted by atomic mass is 32.2. The predicted molar refractivity (Wildman–Crippen MR) is 45.0 cm³/mol. The second-order valence-electron chi connectivity index (χ2n) is 2.13. The van der Waals surface area contributed by atoms with Crippen molar-refractivity contribution in [3.63, 3.8) is 0 Å². The van der Waals surface area contributed by atoms with E-state index in [1.807, 2.05) is 0 Å². The largest absolute Gasteiger partial charge is 0.480 e. The molecule has 1 rings (SSSR count). The summed E-state index contributed by atoms with van der Waals surface area (Å²) in [5.74, 6) is -0.854. The highest BCUT2D eigenvalue weighted by molar-refractivity contribution is 8.00. The van der Waals surface area contributed by atoms with E-state index >= 15 is 0 Å². The molecule has 0 unspecified atom stereocenters. The van der Waals surface area contributed by atoms with Gasteiger partial charge in [0, 0.05) is 12.4 Å². The molecule has 1 atom stereocenters. The van der Waals surface area contributed by atoms with E-state index in [2.05, 4.69) is 9.97 Å². The molecule has 0 fully saturated rings. The lowest BCUT2D eigenvalue weighted by Gasteiger charge is -2.02. The molecular formula is C7H8N2O2S. The van der Waals surface area contributed by atoms with Crippen molar-refractivity contribution in [3.8, 4) is 0 Å². The Morgan fingerprint density at radius 1 is 1.58 bits per heavy atom. The summed E-state index contributed by atoms with van der Waals surface area (Å²) in [5.41, 5.74) is 0. The van der Waals surface area contributed by atoms with Crippen molar-refractivity contribution in [2.24, 2.45) is 0 Å². The number of carboxylic acids is 1. The van der Waals surface area contributed by atoms with Crippen LogP contribution in [0.5, 0.6) is 0 Å². The molecule has 0 amide bonds. The molecule has 1 aromatic heterocycles. The van der Waals surface area contributed by atoms with Gasteiger partial charge in [-0.25, -0.2) is 9.97 Å². The number of carbonyl (C=O) groups is 1. The molecule has 0 saturated carbocycles. The van der Waals surface area contributed by atoms with E-state index in [-0.39, 0.29) is 0 Å². The average molecular weight is 184 g/mol. The van der Waals surface area contributed by atoms with E-state index < -0.39 is 11.2 Å². The Morgan fingerprint density at radius 2 is 2.17 bits per heavy atom. The molecule has 0 bridgehead atoms. The Kier molecular flexibility index (Phi) is 3.04. The topological polar surface area (TPSA) is 63.1 Å². The molecule has 5 heteroatoms. The number of nitrogens with zero attached hydrogens (tertiary/aromatic N) is 2. The number of aromatic nitrogens is 2. The van der Waals surface area contributed by atoms with Gasteiger partial charge in [0.05, 0.1) is 0 Å². The van der Waals surface area contributed by atoms with Gasteiger partial charge in [-0.15, -0.1) is 0 Å². The van der Waals surface area contributed by atoms with Gasteiger partial charge in [-0.3, -0.25) is 4.79 Å². The van der Waals surface area contributed by atoms with Crippen LogP contribution in [0.3, 0.4) is 0 Å². The molecule has 1 aromatic rings. The second kappa shape index (κ2) is 4.06. The molecule has 0 radical (unpaired) electrons. The van der Waals surface area contributed by atoms with Crippen molar-refractivity contribution >= 4 is 17.7 Å². The Labute approximate surface area is 74.0 Å². The fourth-order valence-electron chi connectivity index (χ4n) is 0.555. The lowest BCUT2D eigenvalue weighted by Crippen LogP contribution is -2.11. The molecule has 12 heavy (non-hydrogen) atoms. The molecule has 0 aliphatic rings. The molecule has 0 spiro atoms. The van der Waals surface area contributed by atoms with Crippen LogP contribution in [-0.4, -0.2) is 26.3 Å². The third kappa shape index (κ3) is 2.50. The smallest absolute Gasteiger partial charge is 0.316 e. The Balaban J connectivity index is 2.58. The van der Waals surface area contributed by atoms with Gasteiger partial charge < -0.3 is 5.11 Å². The molecule has 1 N–H and O–H groups in total. The fraction of sp³-hybridized carbons (Fsp3) is 0.286. The first-order valence-corrected chi connectivity index (χ1v) is 4.24. The molecule has 4 nitrogen and oxygen atoms in total. The molecule has 1 heterocycles. The number of hydrogen-bond donors (Lipinski definition) is 1. The number of carboxylic acid groups (broad SMARTS) is 1. The zero-order valence-electron chi connectivity index (χ0n) is 6.47. The van der Waals surface area contributed by atoms with Gasteiger partial charge >= 0.3 is 5.97 Å². The minimum atomic E-state index is -0.854. The third-order valence-corrected chi connectivity index (χ3v) is 2.15. The summed E-state index contributed by atoms with van der Waals surface area (Å²) in [5, 5.41) is 8.55. The number of aliphatic carboxylic acids is 1. The van der Waals surface area contributed by atoms with E-state index in [4.69, 9.17) is 5.11 Å². The van der Waals surface area contributed by atoms with Crippen LogP contribution in [0.2, 0.25) is 0 Å². The Bertz CT molecular complexity index is 265. The van der Waals surface area contributed by atoms with E-state index in [0.717, 1.165) is 11.8 Å². The monoisotopic (exact) mass is 184 g/mol. The predicted octanol–water partition coefficient (Wildman–Crippen LogP) is 1.04. The van der Waals surface area contributed by atoms with E-state index in [1.165, 1.54) is 0 Å². The fourth-order valence-corrected chi connectivity index (χ4v) is 1.22. The summed E-state index contributed by atoms with van der Waals surface area (Å²) >= 11 is 1.13. The van der Waals surface area contributed by atoms with Crippen LogP contribution in [0.1, 0.15) is 6.92 Å². The standard InChI is InChI=1S/C7H8N2O2S/c1-5(6(10)11)12-7-8-3-2-4-9-7/h2-5H,1H3,(H,10,11)/t5-/m1/s1. The summed E-state index contributed by atoms with van der Waals surface area (Å²) in [6.45, 7) is 1.60. The summed E-state index contributed by atoms with van der Waals surface area (Å²) in [6.07, 6.45) is 3.17. The quantitative estimate of drug-likeness (QED) is 0.561. The molecule has 0 aliphatic heterocycles. The van der Waals surface area contributed by atoms with Crippen LogP contribution in [0.4, 0.5) is 0 Å². The summed E-state index contributed by atoms with van der Waals surface area (Å²) in [6, 6.07) is 1.69. The lowest BCUT2D eigenvalue weighted by molar-refractivity contribution is -0.136. The van der Waals surface area contributed by atoms with Crippen LogP contribution in [0.25, 0.3) is 0 Å². The van der Waals surface area contributed by atoms with E-state index in [1.54, 1.807) is 25.4 Å². The van der Waals surface area contributed by atoms with Crippen LogP contribution >= 0.6 is 11.8 Å². The van der Waals surface area contributed by atoms with Gasteiger partial charge in [-0.05, 0) is 13.0 Å². The van der Waals surface area contributed by atoms with Gasteiger partial charge in [0.2, 0.25) is 0 Å². The second-order valence-corrected chi connectivity index (χ2v) is 3.44. The van der Waals surface area contributed by atoms with Crippen LogP contribution in [0, 0.1) is 0 Å². The summed E-state index contributed by atoms with van der Waals surface area (Å²) < 4.78 is 0. The molecule has 0 saturated heterocycles. The number of thioether (sulfide) groups is 1. The van der Waals surface area contributed by atoms with Gasteiger partial charge in [0.1, 0.15) is 5.25 Å². The van der Waals surface area contributed by atoms with Crippen molar-refractivity contribution in [1.29, 1.82) is 0 Å². The normalized spacial score (nSPS) is 12.4. The van der Waals surface area contributed by atoms with Crippen LogP contribution < -0.4 is 0 Å². The Hall–Kier alpha value is -1.10. The van der Waals surface area contributed by atoms with Crippen molar-refractivity contribution in [2.45, 2.75) is 17.3 Å². The van der Waals surface area contributed by atoms with E-state index in [0.29, 0.717) is 5.16 Å². The maximum atomic E-state index is 10.4. The summed E-state index contributed by atoms with van der Waals surface area (Å²) in [7, 11) is 0. The first-order valence-electron chi connectivity index (χ1n) is 3.36. The Morgan fingerprint density at radius 3 is 2.67 bits per heavy atom. The summed E-state index contributed by atoms with van der Waals surface area (Å²) in [4.78, 5) is 18.2. The zero-order valence-corrected chi connectivity index (χ0v) is 7.28. The van der Waals surface area contributed by atoms with Gasteiger partial charge in [0.25, 0.3) is 0 Å². The molecular weight excluding hydrogens is 176 g/mol. The van der Waals surface area contributed by atoms with Gasteiger partial charge in [0.15, 0.2) is 5.16 Å². The minimum Gasteiger partial charge on any atom is -0.480 e. The number of rotatable bonds is 3. The first kappa shape index (κ1) is 8.99. The van der Waals surface area contributed by atoms with Gasteiger partial charge in [-0.1, -0.05) is 11.8 Å². The molecule has 64 valence electrons. The van der Waals surface area contributed by atoms with Crippen molar-refractivity contribution in [1.82, 2.24) is 9.97 Å². The van der Waals surface area contributed by atoms with Crippen molar-refractivity contribution in [3.05, 3.63) is 18.5 Å². The third-order valence-electron chi connectivity index (χ3n) is 1.17.